The van der Waals surface area contributed by atoms with Crippen LogP contribution in [0.1, 0.15) is 24.3 Å². The van der Waals surface area contributed by atoms with Crippen molar-refractivity contribution in [3.05, 3.63) is 42.1 Å². The molecule has 0 aliphatic heterocycles. The molecule has 0 aliphatic rings. The van der Waals surface area contributed by atoms with Gasteiger partial charge in [0.25, 0.3) is 5.91 Å². The van der Waals surface area contributed by atoms with Crippen molar-refractivity contribution in [1.29, 1.82) is 0 Å². The highest BCUT2D eigenvalue weighted by Crippen LogP contribution is 2.20. The third-order valence-corrected chi connectivity index (χ3v) is 3.66. The third kappa shape index (κ3) is 4.52. The number of hydrogen-bond acceptors (Lipinski definition) is 5. The standard InChI is InChI=1S/C18H24N4O2/c1-4-22(5-2)16-13-15(18(23)19-11-12-24-3)20-17(21-16)14-9-7-6-8-10-14/h6-10,13H,4-5,11-12H2,1-3H3,(H,19,23). The van der Waals surface area contributed by atoms with E-state index in [-0.39, 0.29) is 5.91 Å². The van der Waals surface area contributed by atoms with Crippen LogP contribution in [0.2, 0.25) is 0 Å². The van der Waals surface area contributed by atoms with Gasteiger partial charge in [-0.25, -0.2) is 9.97 Å². The van der Waals surface area contributed by atoms with E-state index in [0.717, 1.165) is 24.5 Å². The molecule has 0 bridgehead atoms. The molecular formula is C18H24N4O2. The molecule has 0 spiro atoms. The van der Waals surface area contributed by atoms with E-state index in [1.54, 1.807) is 13.2 Å². The Morgan fingerprint density at radius 3 is 2.50 bits per heavy atom. The molecule has 0 atom stereocenters. The van der Waals surface area contributed by atoms with Crippen molar-refractivity contribution in [1.82, 2.24) is 15.3 Å². The molecule has 6 heteroatoms. The highest BCUT2D eigenvalue weighted by molar-refractivity contribution is 5.93. The Kier molecular flexibility index (Phi) is 6.69. The van der Waals surface area contributed by atoms with Crippen molar-refractivity contribution in [2.45, 2.75) is 13.8 Å². The molecule has 2 aromatic rings. The van der Waals surface area contributed by atoms with Gasteiger partial charge in [0.15, 0.2) is 5.82 Å². The smallest absolute Gasteiger partial charge is 0.270 e. The van der Waals surface area contributed by atoms with E-state index in [2.05, 4.69) is 34.0 Å². The maximum atomic E-state index is 12.4. The SMILES string of the molecule is CCN(CC)c1cc(C(=O)NCCOC)nc(-c2ccccc2)n1. The summed E-state index contributed by atoms with van der Waals surface area (Å²) in [5.74, 6) is 1.09. The molecule has 128 valence electrons. The summed E-state index contributed by atoms with van der Waals surface area (Å²) >= 11 is 0. The Bertz CT molecular complexity index is 657. The molecule has 24 heavy (non-hydrogen) atoms. The summed E-state index contributed by atoms with van der Waals surface area (Å²) in [4.78, 5) is 23.6. The molecule has 6 nitrogen and oxygen atoms in total. The second-order valence-corrected chi connectivity index (χ2v) is 5.22. The molecule has 1 heterocycles. The number of rotatable bonds is 8. The summed E-state index contributed by atoms with van der Waals surface area (Å²) in [6, 6.07) is 11.4. The number of nitrogens with zero attached hydrogens (tertiary/aromatic N) is 3. The highest BCUT2D eigenvalue weighted by atomic mass is 16.5. The van der Waals surface area contributed by atoms with E-state index < -0.39 is 0 Å². The molecule has 1 aromatic heterocycles. The van der Waals surface area contributed by atoms with E-state index in [1.165, 1.54) is 0 Å². The second-order valence-electron chi connectivity index (χ2n) is 5.22. The Balaban J connectivity index is 2.38. The van der Waals surface area contributed by atoms with Crippen molar-refractivity contribution < 1.29 is 9.53 Å². The molecule has 1 N–H and O–H groups in total. The predicted molar refractivity (Wildman–Crippen MR) is 95.2 cm³/mol. The normalized spacial score (nSPS) is 10.5. The lowest BCUT2D eigenvalue weighted by molar-refractivity contribution is 0.0932. The van der Waals surface area contributed by atoms with Crippen LogP contribution in [-0.2, 0) is 4.74 Å². The Hall–Kier alpha value is -2.47. The summed E-state index contributed by atoms with van der Waals surface area (Å²) in [5, 5.41) is 2.81. The monoisotopic (exact) mass is 328 g/mol. The topological polar surface area (TPSA) is 67.4 Å². The number of aromatic nitrogens is 2. The largest absolute Gasteiger partial charge is 0.383 e. The summed E-state index contributed by atoms with van der Waals surface area (Å²) in [6.07, 6.45) is 0. The molecule has 0 aliphatic carbocycles. The fourth-order valence-corrected chi connectivity index (χ4v) is 2.33. The van der Waals surface area contributed by atoms with Gasteiger partial charge >= 0.3 is 0 Å². The van der Waals surface area contributed by atoms with Crippen molar-refractivity contribution in [3.63, 3.8) is 0 Å². The zero-order valence-electron chi connectivity index (χ0n) is 14.5. The highest BCUT2D eigenvalue weighted by Gasteiger charge is 2.15. The first-order chi connectivity index (χ1) is 11.7. The number of carbonyl (C=O) groups excluding carboxylic acids is 1. The fraction of sp³-hybridized carbons (Fsp3) is 0.389. The lowest BCUT2D eigenvalue weighted by atomic mass is 10.2. The number of nitrogens with one attached hydrogen (secondary N) is 1. The number of benzene rings is 1. The van der Waals surface area contributed by atoms with Crippen molar-refractivity contribution >= 4 is 11.7 Å². The zero-order chi connectivity index (χ0) is 17.4. The Morgan fingerprint density at radius 2 is 1.88 bits per heavy atom. The van der Waals surface area contributed by atoms with Crippen LogP contribution >= 0.6 is 0 Å². The zero-order valence-corrected chi connectivity index (χ0v) is 14.5. The summed E-state index contributed by atoms with van der Waals surface area (Å²) in [5.41, 5.74) is 1.25. The average molecular weight is 328 g/mol. The molecular weight excluding hydrogens is 304 g/mol. The molecule has 1 aromatic carbocycles. The van der Waals surface area contributed by atoms with Crippen LogP contribution in [-0.4, -0.2) is 49.2 Å². The summed E-state index contributed by atoms with van der Waals surface area (Å²) in [6.45, 7) is 6.66. The summed E-state index contributed by atoms with van der Waals surface area (Å²) < 4.78 is 4.96. The Morgan fingerprint density at radius 1 is 1.17 bits per heavy atom. The van der Waals surface area contributed by atoms with E-state index >= 15 is 0 Å². The number of ether oxygens (including phenoxy) is 1. The van der Waals surface area contributed by atoms with Gasteiger partial charge in [-0.3, -0.25) is 4.79 Å². The maximum absolute atomic E-state index is 12.4. The van der Waals surface area contributed by atoms with Gasteiger partial charge in [-0.2, -0.15) is 0 Å². The van der Waals surface area contributed by atoms with E-state index in [9.17, 15) is 4.79 Å². The van der Waals surface area contributed by atoms with Gasteiger partial charge < -0.3 is 15.0 Å². The number of methoxy groups -OCH3 is 1. The minimum Gasteiger partial charge on any atom is -0.383 e. The molecule has 0 radical (unpaired) electrons. The van der Waals surface area contributed by atoms with Crippen LogP contribution in [0.4, 0.5) is 5.82 Å². The second kappa shape index (κ2) is 8.98. The maximum Gasteiger partial charge on any atom is 0.270 e. The van der Waals surface area contributed by atoms with Gasteiger partial charge in [0.2, 0.25) is 0 Å². The molecule has 2 rings (SSSR count). The van der Waals surface area contributed by atoms with Crippen molar-refractivity contribution in [2.24, 2.45) is 0 Å². The lowest BCUT2D eigenvalue weighted by Gasteiger charge is -2.21. The predicted octanol–water partition coefficient (Wildman–Crippen LogP) is 2.37. The lowest BCUT2D eigenvalue weighted by Crippen LogP contribution is -2.29. The Labute approximate surface area is 142 Å². The van der Waals surface area contributed by atoms with Gasteiger partial charge in [-0.1, -0.05) is 30.3 Å². The third-order valence-electron chi connectivity index (χ3n) is 3.66. The molecule has 0 saturated carbocycles. The molecule has 0 unspecified atom stereocenters. The average Bonchev–Trinajstić information content (AvgIpc) is 2.63. The van der Waals surface area contributed by atoms with Gasteiger partial charge in [0, 0.05) is 38.4 Å². The number of anilines is 1. The van der Waals surface area contributed by atoms with Gasteiger partial charge in [0.05, 0.1) is 6.61 Å². The quantitative estimate of drug-likeness (QED) is 0.754. The fourth-order valence-electron chi connectivity index (χ4n) is 2.33. The summed E-state index contributed by atoms with van der Waals surface area (Å²) in [7, 11) is 1.60. The van der Waals surface area contributed by atoms with Crippen LogP contribution < -0.4 is 10.2 Å². The minimum atomic E-state index is -0.222. The first-order valence-electron chi connectivity index (χ1n) is 8.16. The van der Waals surface area contributed by atoms with Crippen LogP contribution in [0, 0.1) is 0 Å². The molecule has 0 fully saturated rings. The number of carbonyl (C=O) groups is 1. The van der Waals surface area contributed by atoms with E-state index in [1.807, 2.05) is 30.3 Å². The van der Waals surface area contributed by atoms with E-state index in [4.69, 9.17) is 4.74 Å². The first-order valence-corrected chi connectivity index (χ1v) is 8.16. The molecule has 0 saturated heterocycles. The van der Waals surface area contributed by atoms with Gasteiger partial charge in [-0.15, -0.1) is 0 Å². The first kappa shape index (κ1) is 17.9. The van der Waals surface area contributed by atoms with Crippen molar-refractivity contribution in [3.8, 4) is 11.4 Å². The van der Waals surface area contributed by atoms with Crippen LogP contribution in [0.15, 0.2) is 36.4 Å². The minimum absolute atomic E-state index is 0.222. The van der Waals surface area contributed by atoms with E-state index in [0.29, 0.717) is 24.7 Å². The van der Waals surface area contributed by atoms with Crippen LogP contribution in [0.5, 0.6) is 0 Å². The van der Waals surface area contributed by atoms with Crippen molar-refractivity contribution in [2.75, 3.05) is 38.3 Å². The number of hydrogen-bond donors (Lipinski definition) is 1. The van der Waals surface area contributed by atoms with Crippen LogP contribution in [0.3, 0.4) is 0 Å². The van der Waals surface area contributed by atoms with Gasteiger partial charge in [-0.05, 0) is 13.8 Å². The number of amides is 1. The van der Waals surface area contributed by atoms with Crippen LogP contribution in [0.25, 0.3) is 11.4 Å². The van der Waals surface area contributed by atoms with Gasteiger partial charge in [0.1, 0.15) is 11.5 Å². The molecule has 1 amide bonds.